The predicted molar refractivity (Wildman–Crippen MR) is 58.0 cm³/mol. The van der Waals surface area contributed by atoms with E-state index in [1.165, 1.54) is 19.3 Å². The van der Waals surface area contributed by atoms with Gasteiger partial charge in [0.15, 0.2) is 0 Å². The Morgan fingerprint density at radius 3 is 2.64 bits per heavy atom. The van der Waals surface area contributed by atoms with E-state index in [1.807, 2.05) is 0 Å². The van der Waals surface area contributed by atoms with Crippen molar-refractivity contribution in [2.45, 2.75) is 51.0 Å². The normalized spacial score (nSPS) is 17.8. The summed E-state index contributed by atoms with van der Waals surface area (Å²) in [5.74, 6) is 0. The highest BCUT2D eigenvalue weighted by Gasteiger charge is 2.14. The van der Waals surface area contributed by atoms with Crippen molar-refractivity contribution >= 4 is 6.03 Å². The van der Waals surface area contributed by atoms with E-state index in [-0.39, 0.29) is 6.03 Å². The first-order valence-electron chi connectivity index (χ1n) is 5.66. The summed E-state index contributed by atoms with van der Waals surface area (Å²) in [6, 6.07) is 0.397. The molecule has 2 N–H and O–H groups in total. The largest absolute Gasteiger partial charge is 0.338 e. The molecule has 14 heavy (non-hydrogen) atoms. The summed E-state index contributed by atoms with van der Waals surface area (Å²) in [6.07, 6.45) is 7.95. The Morgan fingerprint density at radius 2 is 2.00 bits per heavy atom. The zero-order valence-corrected chi connectivity index (χ0v) is 8.85. The molecule has 1 aliphatic carbocycles. The fraction of sp³-hybridized carbons (Fsp3) is 0.818. The Balaban J connectivity index is 2.06. The molecule has 0 aromatic rings. The lowest BCUT2D eigenvalue weighted by Crippen LogP contribution is -2.43. The van der Waals surface area contributed by atoms with E-state index in [0.29, 0.717) is 6.04 Å². The molecule has 2 amide bonds. The molecule has 0 aromatic heterocycles. The average Bonchev–Trinajstić information content (AvgIpc) is 2.20. The summed E-state index contributed by atoms with van der Waals surface area (Å²) in [5, 5.41) is 5.85. The minimum atomic E-state index is -0.00894. The van der Waals surface area contributed by atoms with E-state index in [0.717, 1.165) is 32.2 Å². The smallest absolute Gasteiger partial charge is 0.315 e. The number of nitrogens with one attached hydrogen (secondary N) is 2. The number of hydrogen-bond acceptors (Lipinski definition) is 1. The first-order chi connectivity index (χ1) is 6.83. The van der Waals surface area contributed by atoms with Crippen LogP contribution in [0.5, 0.6) is 0 Å². The van der Waals surface area contributed by atoms with E-state index in [1.54, 1.807) is 0 Å². The lowest BCUT2D eigenvalue weighted by atomic mass is 9.96. The van der Waals surface area contributed by atoms with Gasteiger partial charge in [0.25, 0.3) is 0 Å². The molecule has 1 saturated carbocycles. The summed E-state index contributed by atoms with van der Waals surface area (Å²) < 4.78 is 0. The molecule has 0 aliphatic heterocycles. The van der Waals surface area contributed by atoms with Crippen LogP contribution in [0.1, 0.15) is 44.9 Å². The number of amides is 2. The Labute approximate surface area is 86.6 Å². The summed E-state index contributed by atoms with van der Waals surface area (Å²) in [5.41, 5.74) is 0. The molecular formula is C11H21N2O. The summed E-state index contributed by atoms with van der Waals surface area (Å²) in [4.78, 5) is 11.3. The van der Waals surface area contributed by atoms with Crippen LogP contribution in [0.25, 0.3) is 0 Å². The third kappa shape index (κ3) is 4.49. The van der Waals surface area contributed by atoms with E-state index < -0.39 is 0 Å². The van der Waals surface area contributed by atoms with E-state index >= 15 is 0 Å². The number of urea groups is 1. The lowest BCUT2D eigenvalue weighted by Gasteiger charge is -2.22. The molecular weight excluding hydrogens is 176 g/mol. The lowest BCUT2D eigenvalue weighted by molar-refractivity contribution is 0.232. The summed E-state index contributed by atoms with van der Waals surface area (Å²) >= 11 is 0. The molecule has 0 unspecified atom stereocenters. The van der Waals surface area contributed by atoms with Crippen LogP contribution in [0.3, 0.4) is 0 Å². The monoisotopic (exact) mass is 197 g/mol. The van der Waals surface area contributed by atoms with Gasteiger partial charge in [0.05, 0.1) is 0 Å². The van der Waals surface area contributed by atoms with Gasteiger partial charge in [0.1, 0.15) is 0 Å². The minimum absolute atomic E-state index is 0.00894. The maximum absolute atomic E-state index is 11.3. The molecule has 0 atom stereocenters. The highest BCUT2D eigenvalue weighted by atomic mass is 16.2. The van der Waals surface area contributed by atoms with Gasteiger partial charge in [-0.15, -0.1) is 0 Å². The topological polar surface area (TPSA) is 41.1 Å². The van der Waals surface area contributed by atoms with Gasteiger partial charge in [-0.2, -0.15) is 0 Å². The van der Waals surface area contributed by atoms with E-state index in [9.17, 15) is 4.79 Å². The van der Waals surface area contributed by atoms with Crippen LogP contribution < -0.4 is 10.6 Å². The van der Waals surface area contributed by atoms with Crippen molar-refractivity contribution in [3.05, 3.63) is 6.92 Å². The van der Waals surface area contributed by atoms with Crippen molar-refractivity contribution in [3.63, 3.8) is 0 Å². The number of unbranched alkanes of at least 4 members (excludes halogenated alkanes) is 1. The SMILES string of the molecule is [CH2]CCCNC(=O)NC1CCCCC1. The second kappa shape index (κ2) is 6.68. The van der Waals surface area contributed by atoms with Gasteiger partial charge in [0.2, 0.25) is 0 Å². The summed E-state index contributed by atoms with van der Waals surface area (Å²) in [6.45, 7) is 4.46. The third-order valence-electron chi connectivity index (χ3n) is 2.65. The zero-order valence-electron chi connectivity index (χ0n) is 8.85. The fourth-order valence-electron chi connectivity index (χ4n) is 1.81. The van der Waals surface area contributed by atoms with Gasteiger partial charge in [-0.1, -0.05) is 32.6 Å². The predicted octanol–water partition coefficient (Wildman–Crippen LogP) is 2.23. The maximum Gasteiger partial charge on any atom is 0.315 e. The van der Waals surface area contributed by atoms with Crippen molar-refractivity contribution in [2.24, 2.45) is 0 Å². The Hall–Kier alpha value is -0.730. The number of carbonyl (C=O) groups is 1. The molecule has 1 aliphatic rings. The van der Waals surface area contributed by atoms with E-state index in [2.05, 4.69) is 17.6 Å². The standard InChI is InChI=1S/C11H21N2O/c1-2-3-9-12-11(14)13-10-7-5-4-6-8-10/h10H,1-9H2,(H2,12,13,14). The van der Waals surface area contributed by atoms with Crippen LogP contribution in [-0.2, 0) is 0 Å². The Morgan fingerprint density at radius 1 is 1.29 bits per heavy atom. The zero-order chi connectivity index (χ0) is 10.2. The van der Waals surface area contributed by atoms with Crippen LogP contribution in [-0.4, -0.2) is 18.6 Å². The Bertz CT molecular complexity index is 165. The van der Waals surface area contributed by atoms with Gasteiger partial charge in [0, 0.05) is 12.6 Å². The molecule has 0 heterocycles. The second-order valence-corrected chi connectivity index (χ2v) is 3.94. The van der Waals surface area contributed by atoms with Crippen LogP contribution in [0.2, 0.25) is 0 Å². The van der Waals surface area contributed by atoms with Crippen LogP contribution in [0, 0.1) is 6.92 Å². The first-order valence-corrected chi connectivity index (χ1v) is 5.66. The highest BCUT2D eigenvalue weighted by molar-refractivity contribution is 5.74. The minimum Gasteiger partial charge on any atom is -0.338 e. The van der Waals surface area contributed by atoms with Gasteiger partial charge >= 0.3 is 6.03 Å². The van der Waals surface area contributed by atoms with E-state index in [4.69, 9.17) is 0 Å². The van der Waals surface area contributed by atoms with Crippen LogP contribution in [0.4, 0.5) is 4.79 Å². The molecule has 0 aromatic carbocycles. The Kier molecular flexibility index (Phi) is 5.42. The molecule has 1 radical (unpaired) electrons. The molecule has 3 nitrogen and oxygen atoms in total. The first kappa shape index (κ1) is 11.3. The van der Waals surface area contributed by atoms with Crippen LogP contribution >= 0.6 is 0 Å². The number of rotatable bonds is 4. The molecule has 1 rings (SSSR count). The van der Waals surface area contributed by atoms with Crippen molar-refractivity contribution in [1.82, 2.24) is 10.6 Å². The molecule has 0 spiro atoms. The maximum atomic E-state index is 11.3. The van der Waals surface area contributed by atoms with Gasteiger partial charge in [-0.3, -0.25) is 0 Å². The van der Waals surface area contributed by atoms with Crippen molar-refractivity contribution in [3.8, 4) is 0 Å². The van der Waals surface area contributed by atoms with Gasteiger partial charge in [-0.05, 0) is 19.3 Å². The highest BCUT2D eigenvalue weighted by Crippen LogP contribution is 2.16. The fourth-order valence-corrected chi connectivity index (χ4v) is 1.81. The van der Waals surface area contributed by atoms with Crippen molar-refractivity contribution < 1.29 is 4.79 Å². The summed E-state index contributed by atoms with van der Waals surface area (Å²) in [7, 11) is 0. The average molecular weight is 197 g/mol. The third-order valence-corrected chi connectivity index (χ3v) is 2.65. The van der Waals surface area contributed by atoms with Crippen molar-refractivity contribution in [1.29, 1.82) is 0 Å². The van der Waals surface area contributed by atoms with Gasteiger partial charge in [-0.25, -0.2) is 4.79 Å². The molecule has 0 bridgehead atoms. The van der Waals surface area contributed by atoms with Gasteiger partial charge < -0.3 is 10.6 Å². The number of hydrogen-bond donors (Lipinski definition) is 2. The molecule has 3 heteroatoms. The van der Waals surface area contributed by atoms with Crippen molar-refractivity contribution in [2.75, 3.05) is 6.54 Å². The quantitative estimate of drug-likeness (QED) is 0.667. The molecule has 1 fully saturated rings. The second-order valence-electron chi connectivity index (χ2n) is 3.94. The number of carbonyl (C=O) groups excluding carboxylic acids is 1. The van der Waals surface area contributed by atoms with Crippen LogP contribution in [0.15, 0.2) is 0 Å². The molecule has 81 valence electrons. The molecule has 0 saturated heterocycles.